The number of nitrogens with zero attached hydrogens (tertiary/aromatic N) is 1. The van der Waals surface area contributed by atoms with Gasteiger partial charge >= 0.3 is 6.18 Å². The molecule has 0 amide bonds. The van der Waals surface area contributed by atoms with E-state index in [1.165, 1.54) is 18.2 Å². The van der Waals surface area contributed by atoms with Crippen LogP contribution in [0.25, 0.3) is 0 Å². The highest BCUT2D eigenvalue weighted by Gasteiger charge is 2.41. The number of phenolic OH excluding ortho intramolecular Hbond substituents is 2. The van der Waals surface area contributed by atoms with Crippen molar-refractivity contribution >= 4 is 9.84 Å². The van der Waals surface area contributed by atoms with Crippen LogP contribution in [0.5, 0.6) is 17.2 Å². The van der Waals surface area contributed by atoms with Crippen LogP contribution in [0, 0.1) is 5.92 Å². The maximum atomic E-state index is 12.4. The third kappa shape index (κ3) is 6.98. The van der Waals surface area contributed by atoms with E-state index in [1.54, 1.807) is 24.3 Å². The molecule has 0 aromatic heterocycles. The summed E-state index contributed by atoms with van der Waals surface area (Å²) in [5.74, 6) is 0.689. The summed E-state index contributed by atoms with van der Waals surface area (Å²) in [5.41, 5.74) is 1.39. The zero-order chi connectivity index (χ0) is 26.8. The van der Waals surface area contributed by atoms with Gasteiger partial charge in [-0.05, 0) is 74.9 Å². The van der Waals surface area contributed by atoms with Crippen LogP contribution in [0.4, 0.5) is 13.2 Å². The number of sulfone groups is 1. The molecule has 2 aromatic rings. The van der Waals surface area contributed by atoms with Gasteiger partial charge in [0, 0.05) is 36.4 Å². The fraction of sp³-hybridized carbons (Fsp3) is 0.481. The van der Waals surface area contributed by atoms with Crippen molar-refractivity contribution in [1.82, 2.24) is 4.90 Å². The molecule has 2 aromatic carbocycles. The predicted octanol–water partition coefficient (Wildman–Crippen LogP) is 5.55. The van der Waals surface area contributed by atoms with Gasteiger partial charge in [-0.25, -0.2) is 8.42 Å². The van der Waals surface area contributed by atoms with Crippen molar-refractivity contribution in [3.05, 3.63) is 59.7 Å². The van der Waals surface area contributed by atoms with Crippen LogP contribution >= 0.6 is 0 Å². The maximum absolute atomic E-state index is 12.4. The van der Waals surface area contributed by atoms with Crippen LogP contribution in [0.2, 0.25) is 0 Å². The Bertz CT molecular complexity index is 1230. The molecule has 1 heterocycles. The molecule has 4 rings (SSSR count). The average Bonchev–Trinajstić information content (AvgIpc) is 3.16. The smallest absolute Gasteiger partial charge is 0.389 e. The molecule has 6 nitrogen and oxygen atoms in total. The molecular formula is C27H32F3NO5S. The Kier molecular flexibility index (Phi) is 8.08. The summed E-state index contributed by atoms with van der Waals surface area (Å²) in [6, 6.07) is 8.93. The Morgan fingerprint density at radius 2 is 1.86 bits per heavy atom. The molecule has 0 saturated carbocycles. The fourth-order valence-corrected chi connectivity index (χ4v) is 5.91. The quantitative estimate of drug-likeness (QED) is 0.428. The number of hydrogen-bond donors (Lipinski definition) is 2. The number of halogens is 3. The lowest BCUT2D eigenvalue weighted by atomic mass is 9.92. The summed E-state index contributed by atoms with van der Waals surface area (Å²) >= 11 is 0. The van der Waals surface area contributed by atoms with Crippen molar-refractivity contribution < 1.29 is 36.5 Å². The second-order valence-electron chi connectivity index (χ2n) is 9.95. The second kappa shape index (κ2) is 10.9. The molecule has 0 bridgehead atoms. The monoisotopic (exact) mass is 539 g/mol. The highest BCUT2D eigenvalue weighted by molar-refractivity contribution is 7.90. The average molecular weight is 540 g/mol. The third-order valence-corrected chi connectivity index (χ3v) is 8.21. The lowest BCUT2D eigenvalue weighted by Gasteiger charge is -2.39. The van der Waals surface area contributed by atoms with E-state index in [9.17, 15) is 31.8 Å². The first kappa shape index (κ1) is 27.3. The van der Waals surface area contributed by atoms with Crippen molar-refractivity contribution in [1.29, 1.82) is 0 Å². The molecule has 1 aliphatic carbocycles. The first-order chi connectivity index (χ1) is 17.4. The molecule has 202 valence electrons. The van der Waals surface area contributed by atoms with Crippen LogP contribution < -0.4 is 4.74 Å². The van der Waals surface area contributed by atoms with Gasteiger partial charge in [0.15, 0.2) is 9.84 Å². The molecule has 2 aliphatic rings. The van der Waals surface area contributed by atoms with Crippen LogP contribution in [0.1, 0.15) is 49.3 Å². The normalized spacial score (nSPS) is 22.9. The van der Waals surface area contributed by atoms with Gasteiger partial charge in [0.1, 0.15) is 23.4 Å². The van der Waals surface area contributed by atoms with E-state index < -0.39 is 28.5 Å². The summed E-state index contributed by atoms with van der Waals surface area (Å²) in [5, 5.41) is 20.7. The number of benzene rings is 2. The third-order valence-electron chi connectivity index (χ3n) is 7.08. The number of ether oxygens (including phenoxy) is 1. The van der Waals surface area contributed by atoms with Crippen molar-refractivity contribution in [2.45, 2.75) is 61.7 Å². The van der Waals surface area contributed by atoms with Crippen LogP contribution in [0.3, 0.4) is 0 Å². The van der Waals surface area contributed by atoms with Gasteiger partial charge in [0.2, 0.25) is 0 Å². The maximum Gasteiger partial charge on any atom is 0.389 e. The molecule has 0 spiro atoms. The molecule has 3 atom stereocenters. The van der Waals surface area contributed by atoms with Gasteiger partial charge in [0.25, 0.3) is 0 Å². The minimum absolute atomic E-state index is 0.000295. The summed E-state index contributed by atoms with van der Waals surface area (Å²) in [4.78, 5) is 2.48. The molecule has 0 unspecified atom stereocenters. The topological polar surface area (TPSA) is 87.1 Å². The molecule has 37 heavy (non-hydrogen) atoms. The number of aromatic hydroxyl groups is 2. The molecule has 10 heteroatoms. The Morgan fingerprint density at radius 1 is 1.14 bits per heavy atom. The van der Waals surface area contributed by atoms with E-state index in [0.717, 1.165) is 32.2 Å². The summed E-state index contributed by atoms with van der Waals surface area (Å²) in [7, 11) is -3.35. The number of allylic oxidation sites excluding steroid dienone is 2. The first-order valence-corrected chi connectivity index (χ1v) is 14.3. The molecule has 2 N–H and O–H groups in total. The minimum Gasteiger partial charge on any atom is -0.508 e. The molecule has 1 aliphatic heterocycles. The number of rotatable bonds is 8. The van der Waals surface area contributed by atoms with Gasteiger partial charge in [-0.3, -0.25) is 4.90 Å². The van der Waals surface area contributed by atoms with Gasteiger partial charge in [0.05, 0.1) is 10.9 Å². The number of likely N-dealkylation sites (tertiary alicyclic amines) is 1. The molecule has 1 fully saturated rings. The summed E-state index contributed by atoms with van der Waals surface area (Å²) < 4.78 is 67.1. The van der Waals surface area contributed by atoms with E-state index >= 15 is 0 Å². The Morgan fingerprint density at radius 3 is 2.54 bits per heavy atom. The Labute approximate surface area is 215 Å². The lowest BCUT2D eigenvalue weighted by molar-refractivity contribution is -0.133. The zero-order valence-electron chi connectivity index (χ0n) is 20.6. The molecule has 1 saturated heterocycles. The van der Waals surface area contributed by atoms with Gasteiger partial charge < -0.3 is 14.9 Å². The van der Waals surface area contributed by atoms with E-state index in [1.807, 2.05) is 6.08 Å². The highest BCUT2D eigenvalue weighted by Crippen LogP contribution is 2.44. The minimum atomic E-state index is -4.15. The first-order valence-electron chi connectivity index (χ1n) is 12.4. The lowest BCUT2D eigenvalue weighted by Crippen LogP contribution is -2.45. The zero-order valence-corrected chi connectivity index (χ0v) is 21.4. The predicted molar refractivity (Wildman–Crippen MR) is 134 cm³/mol. The number of phenols is 2. The molecule has 0 radical (unpaired) electrons. The van der Waals surface area contributed by atoms with E-state index in [4.69, 9.17) is 4.74 Å². The highest BCUT2D eigenvalue weighted by atomic mass is 32.2. The van der Waals surface area contributed by atoms with Gasteiger partial charge in [-0.15, -0.1) is 0 Å². The van der Waals surface area contributed by atoms with Crippen molar-refractivity contribution in [3.8, 4) is 17.2 Å². The molecular weight excluding hydrogens is 507 g/mol. The number of alkyl halides is 3. The number of fused-ring (bicyclic) bond motifs is 1. The number of piperidine rings is 1. The SMILES string of the molecule is CS(=O)(=O)c1ccc(O[C@H]2c3cc(O)cc(O)c3C[C@@H]2N2CCC[C@@H](C/C=C/CCC(F)(F)F)C2)cc1. The largest absolute Gasteiger partial charge is 0.508 e. The summed E-state index contributed by atoms with van der Waals surface area (Å²) in [6.45, 7) is 1.55. The van der Waals surface area contributed by atoms with E-state index in [-0.39, 0.29) is 34.8 Å². The summed E-state index contributed by atoms with van der Waals surface area (Å²) in [6.07, 6.45) is 2.20. The van der Waals surface area contributed by atoms with Crippen LogP contribution in [-0.4, -0.2) is 55.1 Å². The Hall–Kier alpha value is -2.72. The van der Waals surface area contributed by atoms with E-state index in [0.29, 0.717) is 29.7 Å². The van der Waals surface area contributed by atoms with Crippen molar-refractivity contribution in [3.63, 3.8) is 0 Å². The van der Waals surface area contributed by atoms with Crippen molar-refractivity contribution in [2.75, 3.05) is 19.3 Å². The van der Waals surface area contributed by atoms with Gasteiger partial charge in [-0.2, -0.15) is 13.2 Å². The standard InChI is InChI=1S/C27H32F3NO5S/c1-37(34,35)21-10-8-20(9-11-21)36-26-23-14-19(32)15-25(33)22(23)16-24(26)31-13-5-7-18(17-31)6-3-2-4-12-27(28,29)30/h2-3,8-11,14-15,18,24,26,32-33H,4-7,12-13,16-17H2,1H3/b3-2+/t18-,24+,26+/m1/s1. The van der Waals surface area contributed by atoms with Crippen molar-refractivity contribution in [2.24, 2.45) is 5.92 Å². The second-order valence-corrected chi connectivity index (χ2v) is 12.0. The van der Waals surface area contributed by atoms with E-state index in [2.05, 4.69) is 4.90 Å². The van der Waals surface area contributed by atoms with Gasteiger partial charge in [-0.1, -0.05) is 12.2 Å². The van der Waals surface area contributed by atoms with Crippen LogP contribution in [-0.2, 0) is 16.3 Å². The fourth-order valence-electron chi connectivity index (χ4n) is 5.28. The van der Waals surface area contributed by atoms with Crippen LogP contribution in [0.15, 0.2) is 53.4 Å². The number of hydrogen-bond acceptors (Lipinski definition) is 6. The Balaban J connectivity index is 1.50.